The summed E-state index contributed by atoms with van der Waals surface area (Å²) in [4.78, 5) is 0. The second kappa shape index (κ2) is 16.9. The first-order chi connectivity index (χ1) is 11.8. The molecule has 7 N–H and O–H groups in total. The summed E-state index contributed by atoms with van der Waals surface area (Å²) in [6.07, 6.45) is 2.16. The van der Waals surface area contributed by atoms with Gasteiger partial charge in [-0.25, -0.2) is 0 Å². The zero-order valence-electron chi connectivity index (χ0n) is 14.7. The molecule has 0 spiro atoms. The van der Waals surface area contributed by atoms with Gasteiger partial charge in [-0.05, 0) is 0 Å². The maximum atomic E-state index is 5.55. The zero-order valence-corrected chi connectivity index (χ0v) is 20.1. The fourth-order valence-electron chi connectivity index (χ4n) is 2.07. The third-order valence-corrected chi connectivity index (χ3v) is 42.5. The number of hydrogen-bond acceptors (Lipinski definition) is 9. The van der Waals surface area contributed by atoms with Crippen molar-refractivity contribution in [2.45, 2.75) is 12.8 Å². The Kier molecular flexibility index (Phi) is 16.7. The number of nitrogens with two attached hydrogens (primary N) is 2. The number of hydrogen-bond donors (Lipinski definition) is 5. The van der Waals surface area contributed by atoms with Crippen molar-refractivity contribution in [2.24, 2.45) is 11.5 Å². The first-order valence-corrected chi connectivity index (χ1v) is 23.1. The zero-order chi connectivity index (χ0) is 17.3. The van der Waals surface area contributed by atoms with Crippen molar-refractivity contribution < 1.29 is 0 Å². The van der Waals surface area contributed by atoms with Crippen LogP contribution in [0, 0.1) is 0 Å². The monoisotopic (exact) mass is 475 g/mol. The van der Waals surface area contributed by atoms with Gasteiger partial charge in [-0.3, -0.25) is 0 Å². The quantitative estimate of drug-likeness (QED) is 0.186. The Balaban J connectivity index is 2.31. The van der Waals surface area contributed by atoms with Crippen molar-refractivity contribution in [3.8, 4) is 0 Å². The summed E-state index contributed by atoms with van der Waals surface area (Å²) in [6, 6.07) is 0. The van der Waals surface area contributed by atoms with Crippen molar-refractivity contribution in [3.63, 3.8) is 0 Å². The van der Waals surface area contributed by atoms with Crippen LogP contribution < -0.4 is 27.4 Å². The molecular weight excluding hydrogens is 439 g/mol. The average Bonchev–Trinajstić information content (AvgIpc) is 2.57. The van der Waals surface area contributed by atoms with Gasteiger partial charge in [0.2, 0.25) is 0 Å². The Hall–Kier alpha value is 1.74. The molecule has 1 aliphatic rings. The Morgan fingerprint density at radius 2 is 1.33 bits per heavy atom. The van der Waals surface area contributed by atoms with E-state index in [0.29, 0.717) is 0 Å². The molecule has 0 amide bonds. The molecule has 10 heteroatoms. The van der Waals surface area contributed by atoms with Crippen molar-refractivity contribution in [2.75, 3.05) is 75.4 Å². The second-order valence-corrected chi connectivity index (χ2v) is 38.4. The van der Waals surface area contributed by atoms with Gasteiger partial charge >= 0.3 is 165 Å². The molecule has 0 aromatic heterocycles. The summed E-state index contributed by atoms with van der Waals surface area (Å²) < 4.78 is 0. The van der Waals surface area contributed by atoms with Gasteiger partial charge in [-0.1, -0.05) is 0 Å². The van der Waals surface area contributed by atoms with E-state index in [2.05, 4.69) is 56.3 Å². The summed E-state index contributed by atoms with van der Waals surface area (Å²) in [7, 11) is 7.22. The van der Waals surface area contributed by atoms with E-state index in [1.807, 2.05) is 0 Å². The average molecular weight is 474 g/mol. The Morgan fingerprint density at radius 1 is 0.833 bits per heavy atom. The van der Waals surface area contributed by atoms with Gasteiger partial charge in [-0.15, -0.1) is 0 Å². The number of nitrogens with one attached hydrogen (secondary N) is 3. The first kappa shape index (κ1) is 23.8. The van der Waals surface area contributed by atoms with Crippen molar-refractivity contribution in [1.29, 1.82) is 0 Å². The normalized spacial score (nSPS) is 18.2. The van der Waals surface area contributed by atoms with Gasteiger partial charge in [0.25, 0.3) is 0 Å². The van der Waals surface area contributed by atoms with Crippen LogP contribution >= 0.6 is 40.3 Å². The maximum absolute atomic E-state index is 5.55. The molecule has 0 aromatic rings. The minimum atomic E-state index is -1.98. The first-order valence-electron chi connectivity index (χ1n) is 8.91. The fourth-order valence-corrected chi connectivity index (χ4v) is 40.0. The van der Waals surface area contributed by atoms with Gasteiger partial charge in [0.15, 0.2) is 0 Å². The molecule has 1 rings (SSSR count). The van der Waals surface area contributed by atoms with Crippen LogP contribution in [0.4, 0.5) is 0 Å². The van der Waals surface area contributed by atoms with E-state index < -0.39 is 8.70 Å². The summed E-state index contributed by atoms with van der Waals surface area (Å²) >= 11 is 0. The minimum absolute atomic E-state index is 0.785. The molecule has 5 nitrogen and oxygen atoms in total. The molecule has 1 aliphatic heterocycles. The van der Waals surface area contributed by atoms with Crippen molar-refractivity contribution in [3.05, 3.63) is 0 Å². The molecule has 0 atom stereocenters. The van der Waals surface area contributed by atoms with Crippen LogP contribution in [0.1, 0.15) is 12.8 Å². The van der Waals surface area contributed by atoms with E-state index in [1.54, 1.807) is 0 Å². The molecule has 24 heavy (non-hydrogen) atoms. The molecule has 0 saturated carbocycles. The van der Waals surface area contributed by atoms with Crippen LogP contribution in [-0.2, 0) is 0 Å². The molecule has 0 radical (unpaired) electrons. The van der Waals surface area contributed by atoms with Crippen LogP contribution in [0.25, 0.3) is 0 Å². The summed E-state index contributed by atoms with van der Waals surface area (Å²) in [6.45, 7) is 8.25. The standard InChI is InChI=1S/C14H35GeN5S4/c16-3-1-5-18-7-11-21-15(22-12-8-19-6-2-4-17)23-13-9-20-10-14-24-15/h18-20H,1-14,16-17H2. The predicted molar refractivity (Wildman–Crippen MR) is 122 cm³/mol. The molecule has 0 aliphatic carbocycles. The van der Waals surface area contributed by atoms with E-state index in [4.69, 9.17) is 11.5 Å². The van der Waals surface area contributed by atoms with Crippen LogP contribution in [0.5, 0.6) is 0 Å². The Bertz CT molecular complexity index is 266. The van der Waals surface area contributed by atoms with Gasteiger partial charge in [0, 0.05) is 0 Å². The predicted octanol–water partition coefficient (Wildman–Crippen LogP) is 0.835. The second-order valence-electron chi connectivity index (χ2n) is 5.43. The summed E-state index contributed by atoms with van der Waals surface area (Å²) in [5.41, 5.74) is 11.1. The van der Waals surface area contributed by atoms with E-state index >= 15 is 0 Å². The summed E-state index contributed by atoms with van der Waals surface area (Å²) in [5.74, 6) is 5.03. The van der Waals surface area contributed by atoms with E-state index in [9.17, 15) is 0 Å². The van der Waals surface area contributed by atoms with Gasteiger partial charge in [0.05, 0.1) is 0 Å². The van der Waals surface area contributed by atoms with Crippen molar-refractivity contribution in [1.82, 2.24) is 16.0 Å². The molecule has 0 bridgehead atoms. The third kappa shape index (κ3) is 12.2. The molecule has 1 saturated heterocycles. The third-order valence-electron chi connectivity index (χ3n) is 3.35. The number of rotatable bonds is 14. The SMILES string of the molecule is NCCCNCC[S][Ge]1([S]CCNCCCN)[S]CCNCC[S]1. The van der Waals surface area contributed by atoms with Crippen LogP contribution in [0.3, 0.4) is 0 Å². The summed E-state index contributed by atoms with van der Waals surface area (Å²) in [5, 5.41) is 10.6. The van der Waals surface area contributed by atoms with Gasteiger partial charge in [-0.2, -0.15) is 0 Å². The fraction of sp³-hybridized carbons (Fsp3) is 1.00. The van der Waals surface area contributed by atoms with E-state index in [0.717, 1.165) is 52.1 Å². The van der Waals surface area contributed by atoms with E-state index in [1.165, 1.54) is 36.1 Å². The van der Waals surface area contributed by atoms with Crippen LogP contribution in [0.2, 0.25) is 0 Å². The van der Waals surface area contributed by atoms with Crippen LogP contribution in [-0.4, -0.2) is 84.1 Å². The molecule has 1 heterocycles. The molecule has 0 unspecified atom stereocenters. The Morgan fingerprint density at radius 3 is 1.79 bits per heavy atom. The molecule has 144 valence electrons. The Labute approximate surface area is 163 Å². The molecular formula is C14H35GeN5S4. The molecule has 1 fully saturated rings. The molecule has 0 aromatic carbocycles. The van der Waals surface area contributed by atoms with Crippen molar-refractivity contribution >= 4 is 49.0 Å². The van der Waals surface area contributed by atoms with Gasteiger partial charge < -0.3 is 0 Å². The van der Waals surface area contributed by atoms with Crippen LogP contribution in [0.15, 0.2) is 0 Å². The topological polar surface area (TPSA) is 88.1 Å². The van der Waals surface area contributed by atoms with Gasteiger partial charge in [0.1, 0.15) is 0 Å². The van der Waals surface area contributed by atoms with E-state index in [-0.39, 0.29) is 0 Å².